The second-order valence-electron chi connectivity index (χ2n) is 5.85. The van der Waals surface area contributed by atoms with Crippen molar-refractivity contribution in [2.45, 2.75) is 43.9 Å². The highest BCUT2D eigenvalue weighted by molar-refractivity contribution is 6.30. The van der Waals surface area contributed by atoms with Gasteiger partial charge in [0.2, 0.25) is 0 Å². The van der Waals surface area contributed by atoms with Gasteiger partial charge in [0.05, 0.1) is 6.10 Å². The monoisotopic (exact) mass is 296 g/mol. The summed E-state index contributed by atoms with van der Waals surface area (Å²) in [4.78, 5) is 2.40. The zero-order valence-electron chi connectivity index (χ0n) is 12.4. The maximum Gasteiger partial charge on any atom is 0.0572 e. The molecule has 1 fully saturated rings. The van der Waals surface area contributed by atoms with Crippen LogP contribution in [0.1, 0.15) is 31.2 Å². The van der Waals surface area contributed by atoms with Gasteiger partial charge < -0.3 is 10.5 Å². The lowest BCUT2D eigenvalue weighted by Crippen LogP contribution is -2.54. The molecule has 1 aliphatic rings. The summed E-state index contributed by atoms with van der Waals surface area (Å²) in [6.45, 7) is 1.61. The first kappa shape index (κ1) is 15.8. The molecule has 1 saturated carbocycles. The van der Waals surface area contributed by atoms with Crippen LogP contribution < -0.4 is 5.73 Å². The number of methoxy groups -OCH3 is 1. The molecule has 0 heterocycles. The van der Waals surface area contributed by atoms with Crippen molar-refractivity contribution in [3.05, 3.63) is 34.9 Å². The molecule has 0 bridgehead atoms. The summed E-state index contributed by atoms with van der Waals surface area (Å²) in [5.74, 6) is 0. The predicted octanol–water partition coefficient (Wildman–Crippen LogP) is 3.06. The van der Waals surface area contributed by atoms with E-state index in [9.17, 15) is 0 Å². The Morgan fingerprint density at radius 2 is 1.90 bits per heavy atom. The van der Waals surface area contributed by atoms with Gasteiger partial charge in [0.25, 0.3) is 0 Å². The Bertz CT molecular complexity index is 413. The quantitative estimate of drug-likeness (QED) is 0.907. The zero-order chi connectivity index (χ0) is 14.6. The van der Waals surface area contributed by atoms with Gasteiger partial charge >= 0.3 is 0 Å². The molecule has 1 aliphatic carbocycles. The standard InChI is InChI=1S/C16H25ClN2O/c1-19(11-13-3-5-14(17)6-4-13)16(12-18)9-7-15(20-2)8-10-16/h3-6,15H,7-12,18H2,1-2H3. The van der Waals surface area contributed by atoms with Gasteiger partial charge in [0, 0.05) is 30.8 Å². The number of nitrogens with zero attached hydrogens (tertiary/aromatic N) is 1. The molecule has 0 saturated heterocycles. The molecule has 4 heteroatoms. The molecule has 0 aliphatic heterocycles. The molecule has 0 amide bonds. The largest absolute Gasteiger partial charge is 0.381 e. The molecule has 2 N–H and O–H groups in total. The normalized spacial score (nSPS) is 26.9. The summed E-state index contributed by atoms with van der Waals surface area (Å²) >= 11 is 5.94. The van der Waals surface area contributed by atoms with Crippen molar-refractivity contribution in [2.75, 3.05) is 20.7 Å². The molecule has 0 atom stereocenters. The van der Waals surface area contributed by atoms with Crippen LogP contribution in [0.25, 0.3) is 0 Å². The number of nitrogens with two attached hydrogens (primary N) is 1. The van der Waals surface area contributed by atoms with Gasteiger partial charge in [-0.1, -0.05) is 23.7 Å². The summed E-state index contributed by atoms with van der Waals surface area (Å²) in [6.07, 6.45) is 4.80. The number of benzene rings is 1. The zero-order valence-corrected chi connectivity index (χ0v) is 13.2. The van der Waals surface area contributed by atoms with E-state index in [1.165, 1.54) is 5.56 Å². The molecule has 0 aromatic heterocycles. The maximum atomic E-state index is 6.10. The molecule has 112 valence electrons. The van der Waals surface area contributed by atoms with E-state index < -0.39 is 0 Å². The summed E-state index contributed by atoms with van der Waals surface area (Å²) < 4.78 is 5.47. The van der Waals surface area contributed by atoms with Gasteiger partial charge in [-0.15, -0.1) is 0 Å². The van der Waals surface area contributed by atoms with Crippen LogP contribution in [0.5, 0.6) is 0 Å². The van der Waals surface area contributed by atoms with Crippen LogP contribution in [0, 0.1) is 0 Å². The van der Waals surface area contributed by atoms with E-state index in [1.54, 1.807) is 7.11 Å². The average molecular weight is 297 g/mol. The van der Waals surface area contributed by atoms with E-state index in [2.05, 4.69) is 24.1 Å². The average Bonchev–Trinajstić information content (AvgIpc) is 2.49. The smallest absolute Gasteiger partial charge is 0.0572 e. The Labute approximate surface area is 127 Å². The van der Waals surface area contributed by atoms with E-state index >= 15 is 0 Å². The first-order valence-electron chi connectivity index (χ1n) is 7.28. The van der Waals surface area contributed by atoms with Gasteiger partial charge in [-0.05, 0) is 50.4 Å². The molecule has 3 nitrogen and oxygen atoms in total. The number of rotatable bonds is 5. The van der Waals surface area contributed by atoms with Crippen LogP contribution in [0.2, 0.25) is 5.02 Å². The highest BCUT2D eigenvalue weighted by atomic mass is 35.5. The Morgan fingerprint density at radius 1 is 1.30 bits per heavy atom. The number of hydrogen-bond donors (Lipinski definition) is 1. The van der Waals surface area contributed by atoms with Gasteiger partial charge in [-0.25, -0.2) is 0 Å². The topological polar surface area (TPSA) is 38.5 Å². The number of ether oxygens (including phenoxy) is 1. The minimum absolute atomic E-state index is 0.106. The molecule has 20 heavy (non-hydrogen) atoms. The van der Waals surface area contributed by atoms with Crippen molar-refractivity contribution < 1.29 is 4.74 Å². The fourth-order valence-electron chi connectivity index (χ4n) is 3.14. The predicted molar refractivity (Wildman–Crippen MR) is 84.0 cm³/mol. The molecule has 2 rings (SSSR count). The van der Waals surface area contributed by atoms with Gasteiger partial charge in [0.1, 0.15) is 0 Å². The van der Waals surface area contributed by atoms with Crippen LogP contribution >= 0.6 is 11.6 Å². The van der Waals surface area contributed by atoms with Crippen molar-refractivity contribution in [1.29, 1.82) is 0 Å². The van der Waals surface area contributed by atoms with Gasteiger partial charge in [-0.2, -0.15) is 0 Å². The van der Waals surface area contributed by atoms with Crippen LogP contribution in [0.3, 0.4) is 0 Å². The molecular formula is C16H25ClN2O. The fourth-order valence-corrected chi connectivity index (χ4v) is 3.26. The van der Waals surface area contributed by atoms with Gasteiger partial charge in [0.15, 0.2) is 0 Å². The van der Waals surface area contributed by atoms with E-state index in [4.69, 9.17) is 22.1 Å². The maximum absolute atomic E-state index is 6.10. The van der Waals surface area contributed by atoms with E-state index in [-0.39, 0.29) is 5.54 Å². The molecule has 0 spiro atoms. The fraction of sp³-hybridized carbons (Fsp3) is 0.625. The Morgan fingerprint density at radius 3 is 2.40 bits per heavy atom. The second kappa shape index (κ2) is 6.90. The summed E-state index contributed by atoms with van der Waals surface area (Å²) in [5, 5.41) is 0.783. The lowest BCUT2D eigenvalue weighted by Gasteiger charge is -2.45. The van der Waals surface area contributed by atoms with E-state index in [1.807, 2.05) is 12.1 Å². The molecule has 1 aromatic rings. The van der Waals surface area contributed by atoms with Crippen molar-refractivity contribution in [3.8, 4) is 0 Å². The number of halogens is 1. The van der Waals surface area contributed by atoms with Crippen LogP contribution in [-0.4, -0.2) is 37.2 Å². The van der Waals surface area contributed by atoms with Crippen LogP contribution in [0.15, 0.2) is 24.3 Å². The SMILES string of the molecule is COC1CCC(CN)(N(C)Cc2ccc(Cl)cc2)CC1. The second-order valence-corrected chi connectivity index (χ2v) is 6.28. The van der Waals surface area contributed by atoms with Crippen molar-refractivity contribution in [3.63, 3.8) is 0 Å². The highest BCUT2D eigenvalue weighted by Gasteiger charge is 2.37. The summed E-state index contributed by atoms with van der Waals surface area (Å²) in [5.41, 5.74) is 7.48. The summed E-state index contributed by atoms with van der Waals surface area (Å²) in [6, 6.07) is 8.07. The van der Waals surface area contributed by atoms with E-state index in [0.29, 0.717) is 12.6 Å². The first-order valence-corrected chi connectivity index (χ1v) is 7.66. The molecule has 1 aromatic carbocycles. The van der Waals surface area contributed by atoms with Crippen LogP contribution in [-0.2, 0) is 11.3 Å². The first-order chi connectivity index (χ1) is 9.59. The van der Waals surface area contributed by atoms with Crippen LogP contribution in [0.4, 0.5) is 0 Å². The van der Waals surface area contributed by atoms with Crippen molar-refractivity contribution in [1.82, 2.24) is 4.90 Å². The third-order valence-corrected chi connectivity index (χ3v) is 4.97. The Kier molecular flexibility index (Phi) is 5.44. The highest BCUT2D eigenvalue weighted by Crippen LogP contribution is 2.34. The lowest BCUT2D eigenvalue weighted by molar-refractivity contribution is 0.000503. The van der Waals surface area contributed by atoms with E-state index in [0.717, 1.165) is 37.3 Å². The Hall–Kier alpha value is -0.610. The third kappa shape index (κ3) is 3.53. The van der Waals surface area contributed by atoms with Crippen molar-refractivity contribution in [2.24, 2.45) is 5.73 Å². The minimum Gasteiger partial charge on any atom is -0.381 e. The lowest BCUT2D eigenvalue weighted by atomic mass is 9.79. The third-order valence-electron chi connectivity index (χ3n) is 4.72. The Balaban J connectivity index is 2.02. The minimum atomic E-state index is 0.106. The van der Waals surface area contributed by atoms with Gasteiger partial charge in [-0.3, -0.25) is 4.90 Å². The molecule has 0 unspecified atom stereocenters. The molecular weight excluding hydrogens is 272 g/mol. The number of hydrogen-bond acceptors (Lipinski definition) is 3. The van der Waals surface area contributed by atoms with Crippen molar-refractivity contribution >= 4 is 11.6 Å². The molecule has 0 radical (unpaired) electrons. The number of likely N-dealkylation sites (N-methyl/N-ethyl adjacent to an activating group) is 1. The summed E-state index contributed by atoms with van der Waals surface area (Å²) in [7, 11) is 3.98.